The molecule has 0 bridgehead atoms. The van der Waals surface area contributed by atoms with Crippen LogP contribution in [0.25, 0.3) is 98.8 Å². The van der Waals surface area contributed by atoms with Gasteiger partial charge in [0.05, 0.1) is 5.41 Å². The molecule has 62 heavy (non-hydrogen) atoms. The predicted octanol–water partition coefficient (Wildman–Crippen LogP) is 14.9. The van der Waals surface area contributed by atoms with Gasteiger partial charge in [-0.05, 0) is 85.0 Å². The van der Waals surface area contributed by atoms with Crippen LogP contribution in [0, 0.1) is 0 Å². The van der Waals surface area contributed by atoms with Gasteiger partial charge in [-0.2, -0.15) is 0 Å². The quantitative estimate of drug-likeness (QED) is 0.174. The molecule has 288 valence electrons. The Morgan fingerprint density at radius 3 is 1.44 bits per heavy atom. The van der Waals surface area contributed by atoms with Crippen molar-refractivity contribution in [3.05, 3.63) is 235 Å². The average molecular weight is 806 g/mol. The zero-order valence-electron chi connectivity index (χ0n) is 33.5. The van der Waals surface area contributed by atoms with Crippen molar-refractivity contribution in [1.82, 2.24) is 15.0 Å². The lowest BCUT2D eigenvalue weighted by molar-refractivity contribution is 0.794. The van der Waals surface area contributed by atoms with E-state index in [2.05, 4.69) is 194 Å². The molecule has 0 saturated heterocycles. The van der Waals surface area contributed by atoms with Gasteiger partial charge in [0.15, 0.2) is 17.5 Å². The van der Waals surface area contributed by atoms with Crippen molar-refractivity contribution in [2.24, 2.45) is 0 Å². The molecule has 2 aliphatic carbocycles. The van der Waals surface area contributed by atoms with Gasteiger partial charge in [0.1, 0.15) is 0 Å². The van der Waals surface area contributed by atoms with Crippen molar-refractivity contribution in [2.75, 3.05) is 0 Å². The van der Waals surface area contributed by atoms with E-state index in [1.807, 2.05) is 29.5 Å². The Bertz CT molecular complexity index is 3540. The molecule has 0 radical (unpaired) electrons. The lowest BCUT2D eigenvalue weighted by Gasteiger charge is -2.30. The first-order valence-corrected chi connectivity index (χ1v) is 21.9. The van der Waals surface area contributed by atoms with Crippen molar-refractivity contribution in [3.63, 3.8) is 0 Å². The fourth-order valence-corrected chi connectivity index (χ4v) is 11.4. The molecule has 13 rings (SSSR count). The highest BCUT2D eigenvalue weighted by atomic mass is 32.1. The van der Waals surface area contributed by atoms with Crippen molar-refractivity contribution < 1.29 is 0 Å². The Hall–Kier alpha value is -7.79. The fourth-order valence-electron chi connectivity index (χ4n) is 10.3. The zero-order valence-corrected chi connectivity index (χ0v) is 34.3. The highest BCUT2D eigenvalue weighted by Crippen LogP contribution is 2.63. The molecule has 0 amide bonds. The van der Waals surface area contributed by atoms with Gasteiger partial charge in [0.25, 0.3) is 0 Å². The molecule has 0 unspecified atom stereocenters. The molecular weight excluding hydrogens is 771 g/mol. The minimum atomic E-state index is -0.349. The molecule has 0 N–H and O–H groups in total. The van der Waals surface area contributed by atoms with Crippen LogP contribution < -0.4 is 0 Å². The smallest absolute Gasteiger partial charge is 0.164 e. The number of nitrogens with zero attached hydrogens (tertiary/aromatic N) is 3. The second-order valence-corrected chi connectivity index (χ2v) is 17.3. The van der Waals surface area contributed by atoms with Gasteiger partial charge in [-0.1, -0.05) is 194 Å². The summed E-state index contributed by atoms with van der Waals surface area (Å²) in [6.45, 7) is 0. The third-order valence-electron chi connectivity index (χ3n) is 13.0. The minimum Gasteiger partial charge on any atom is -0.208 e. The summed E-state index contributed by atoms with van der Waals surface area (Å²) in [5, 5.41) is 2.58. The lowest BCUT2D eigenvalue weighted by atomic mass is 9.70. The summed E-state index contributed by atoms with van der Waals surface area (Å²) >= 11 is 1.83. The first kappa shape index (κ1) is 35.0. The molecule has 4 heteroatoms. The fraction of sp³-hybridized carbons (Fsp3) is 0.0172. The number of benzene rings is 9. The Balaban J connectivity index is 0.908. The predicted molar refractivity (Wildman–Crippen MR) is 256 cm³/mol. The van der Waals surface area contributed by atoms with E-state index in [1.165, 1.54) is 70.2 Å². The maximum absolute atomic E-state index is 5.22. The van der Waals surface area contributed by atoms with E-state index >= 15 is 0 Å². The van der Waals surface area contributed by atoms with Crippen molar-refractivity contribution in [3.8, 4) is 78.7 Å². The standard InChI is InChI=1S/C58H35N3S/c1-2-14-37(15-3-1)55-59-56(61-57(60-55)47-21-5-4-16-41(47)40-30-32-46-45-20-9-13-25-53(45)62-54(46)35-40)38-28-26-36(27-29-38)39-31-33-52-48(34-39)44-19-8-12-24-51(44)58(52)49-22-10-6-17-42(49)43-18-7-11-23-50(43)58/h1-35H. The molecule has 0 fully saturated rings. The summed E-state index contributed by atoms with van der Waals surface area (Å²) in [6, 6.07) is 76.7. The van der Waals surface area contributed by atoms with Crippen LogP contribution in [0.4, 0.5) is 0 Å². The first-order chi connectivity index (χ1) is 30.7. The second kappa shape index (κ2) is 13.6. The van der Waals surface area contributed by atoms with E-state index in [-0.39, 0.29) is 5.41 Å². The Morgan fingerprint density at radius 2 is 0.742 bits per heavy atom. The SMILES string of the molecule is c1ccc(-c2nc(-c3ccc(-c4ccc5c(c4)-c4ccccc4C54c5ccccc5-c5ccccc54)cc3)nc(-c3ccccc3-c3ccc4c(c3)sc3ccccc34)n2)cc1. The van der Waals surface area contributed by atoms with E-state index < -0.39 is 0 Å². The lowest BCUT2D eigenvalue weighted by Crippen LogP contribution is -2.25. The van der Waals surface area contributed by atoms with Crippen LogP contribution in [-0.2, 0) is 5.41 Å². The summed E-state index contributed by atoms with van der Waals surface area (Å²) in [6.07, 6.45) is 0. The molecule has 2 heterocycles. The topological polar surface area (TPSA) is 38.7 Å². The van der Waals surface area contributed by atoms with Crippen LogP contribution in [0.15, 0.2) is 212 Å². The van der Waals surface area contributed by atoms with Crippen molar-refractivity contribution in [2.45, 2.75) is 5.41 Å². The molecule has 3 nitrogen and oxygen atoms in total. The highest BCUT2D eigenvalue weighted by Gasteiger charge is 2.51. The first-order valence-electron chi connectivity index (χ1n) is 21.1. The second-order valence-electron chi connectivity index (χ2n) is 16.3. The maximum Gasteiger partial charge on any atom is 0.164 e. The Morgan fingerprint density at radius 1 is 0.274 bits per heavy atom. The van der Waals surface area contributed by atoms with E-state index in [0.29, 0.717) is 17.5 Å². The highest BCUT2D eigenvalue weighted by molar-refractivity contribution is 7.25. The van der Waals surface area contributed by atoms with Crippen LogP contribution in [0.5, 0.6) is 0 Å². The molecular formula is C58H35N3S. The Labute approximate surface area is 363 Å². The average Bonchev–Trinajstić information content (AvgIpc) is 3.98. The van der Waals surface area contributed by atoms with E-state index in [4.69, 9.17) is 15.0 Å². The third-order valence-corrected chi connectivity index (χ3v) is 14.1. The van der Waals surface area contributed by atoms with Gasteiger partial charge >= 0.3 is 0 Å². The molecule has 9 aromatic carbocycles. The monoisotopic (exact) mass is 805 g/mol. The number of thiophene rings is 1. The summed E-state index contributed by atoms with van der Waals surface area (Å²) in [4.78, 5) is 15.5. The zero-order chi connectivity index (χ0) is 40.8. The molecule has 11 aromatic rings. The normalized spacial score (nSPS) is 13.0. The number of aromatic nitrogens is 3. The molecule has 0 aliphatic heterocycles. The van der Waals surface area contributed by atoms with Gasteiger partial charge in [-0.3, -0.25) is 0 Å². The molecule has 0 atom stereocenters. The summed E-state index contributed by atoms with van der Waals surface area (Å²) in [7, 11) is 0. The van der Waals surface area contributed by atoms with Crippen LogP contribution in [0.3, 0.4) is 0 Å². The van der Waals surface area contributed by atoms with Gasteiger partial charge in [-0.15, -0.1) is 11.3 Å². The van der Waals surface area contributed by atoms with E-state index in [1.54, 1.807) is 0 Å². The van der Waals surface area contributed by atoms with Gasteiger partial charge in [0, 0.05) is 36.9 Å². The van der Waals surface area contributed by atoms with Crippen molar-refractivity contribution in [1.29, 1.82) is 0 Å². The Kier molecular flexibility index (Phi) is 7.69. The van der Waals surface area contributed by atoms with E-state index in [0.717, 1.165) is 33.4 Å². The van der Waals surface area contributed by atoms with E-state index in [9.17, 15) is 0 Å². The summed E-state index contributed by atoms with van der Waals surface area (Å²) in [5.41, 5.74) is 17.7. The molecule has 1 spiro atoms. The van der Waals surface area contributed by atoms with Gasteiger partial charge in [-0.25, -0.2) is 15.0 Å². The summed E-state index contributed by atoms with van der Waals surface area (Å²) in [5.74, 6) is 1.93. The minimum absolute atomic E-state index is 0.349. The summed E-state index contributed by atoms with van der Waals surface area (Å²) < 4.78 is 2.56. The number of rotatable bonds is 5. The third kappa shape index (κ3) is 5.14. The van der Waals surface area contributed by atoms with Gasteiger partial charge in [0.2, 0.25) is 0 Å². The van der Waals surface area contributed by atoms with Crippen LogP contribution in [0.2, 0.25) is 0 Å². The van der Waals surface area contributed by atoms with Crippen LogP contribution >= 0.6 is 11.3 Å². The number of fused-ring (bicyclic) bond motifs is 13. The molecule has 0 saturated carbocycles. The largest absolute Gasteiger partial charge is 0.208 e. The molecule has 2 aromatic heterocycles. The maximum atomic E-state index is 5.22. The number of hydrogen-bond donors (Lipinski definition) is 0. The number of hydrogen-bond acceptors (Lipinski definition) is 4. The molecule has 2 aliphatic rings. The van der Waals surface area contributed by atoms with Crippen LogP contribution in [0.1, 0.15) is 22.3 Å². The van der Waals surface area contributed by atoms with Gasteiger partial charge < -0.3 is 0 Å². The van der Waals surface area contributed by atoms with Crippen molar-refractivity contribution >= 4 is 31.5 Å². The van der Waals surface area contributed by atoms with Crippen LogP contribution in [-0.4, -0.2) is 15.0 Å².